The van der Waals surface area contributed by atoms with Crippen LogP contribution in [0.5, 0.6) is 0 Å². The zero-order valence-corrected chi connectivity index (χ0v) is 13.9. The lowest BCUT2D eigenvalue weighted by Gasteiger charge is -2.27. The molecule has 4 rings (SSSR count). The maximum atomic E-state index is 12.3. The zero-order chi connectivity index (χ0) is 16.4. The minimum atomic E-state index is 0.0815. The Hall–Kier alpha value is -2.08. The molecule has 2 fully saturated rings. The first-order valence-electron chi connectivity index (χ1n) is 8.87. The van der Waals surface area contributed by atoms with E-state index in [0.717, 1.165) is 56.0 Å². The molecule has 24 heavy (non-hydrogen) atoms. The second-order valence-corrected chi connectivity index (χ2v) is 6.67. The number of nitrogens with one attached hydrogen (secondary N) is 1. The van der Waals surface area contributed by atoms with Crippen LogP contribution < -0.4 is 10.2 Å². The van der Waals surface area contributed by atoms with Crippen molar-refractivity contribution in [2.24, 2.45) is 0 Å². The number of nitrogens with zero attached hydrogens (tertiary/aromatic N) is 3. The topological polar surface area (TPSA) is 59.4 Å². The molecule has 1 aliphatic carbocycles. The van der Waals surface area contributed by atoms with Crippen LogP contribution >= 0.6 is 0 Å². The van der Waals surface area contributed by atoms with Crippen molar-refractivity contribution >= 4 is 22.8 Å². The number of rotatable bonds is 4. The molecule has 1 amide bonds. The van der Waals surface area contributed by atoms with Crippen LogP contribution in [-0.2, 0) is 16.1 Å². The van der Waals surface area contributed by atoms with Gasteiger partial charge in [0.25, 0.3) is 0 Å². The second-order valence-electron chi connectivity index (χ2n) is 6.67. The number of ether oxygens (including phenoxy) is 1. The largest absolute Gasteiger partial charge is 0.378 e. The van der Waals surface area contributed by atoms with E-state index in [-0.39, 0.29) is 5.91 Å². The van der Waals surface area contributed by atoms with Crippen LogP contribution in [0.1, 0.15) is 25.7 Å². The third kappa shape index (κ3) is 3.24. The third-order valence-corrected chi connectivity index (χ3v) is 4.97. The maximum Gasteiger partial charge on any atom is 0.240 e. The van der Waals surface area contributed by atoms with E-state index >= 15 is 0 Å². The molecule has 0 radical (unpaired) electrons. The van der Waals surface area contributed by atoms with Crippen molar-refractivity contribution in [3.63, 3.8) is 0 Å². The SMILES string of the molecule is O=C(Cn1ccc2ccc(N3CCOCC3)nc21)NC1CCCC1. The average molecular weight is 328 g/mol. The highest BCUT2D eigenvalue weighted by Crippen LogP contribution is 2.21. The lowest BCUT2D eigenvalue weighted by Crippen LogP contribution is -2.37. The maximum absolute atomic E-state index is 12.3. The van der Waals surface area contributed by atoms with Crippen molar-refractivity contribution in [1.82, 2.24) is 14.9 Å². The summed E-state index contributed by atoms with van der Waals surface area (Å²) >= 11 is 0. The van der Waals surface area contributed by atoms with Gasteiger partial charge in [0, 0.05) is 30.7 Å². The van der Waals surface area contributed by atoms with Gasteiger partial charge < -0.3 is 19.5 Å². The molecule has 0 atom stereocenters. The first-order valence-corrected chi connectivity index (χ1v) is 8.87. The number of amides is 1. The molecule has 1 N–H and O–H groups in total. The Morgan fingerprint density at radius 3 is 2.79 bits per heavy atom. The molecule has 2 aromatic heterocycles. The highest BCUT2D eigenvalue weighted by molar-refractivity contribution is 5.82. The normalized spacial score (nSPS) is 19.1. The number of carbonyl (C=O) groups excluding carboxylic acids is 1. The molecule has 1 aliphatic heterocycles. The Balaban J connectivity index is 1.50. The quantitative estimate of drug-likeness (QED) is 0.932. The van der Waals surface area contributed by atoms with E-state index in [2.05, 4.69) is 22.3 Å². The molecule has 128 valence electrons. The number of carbonyl (C=O) groups is 1. The van der Waals surface area contributed by atoms with Gasteiger partial charge in [0.15, 0.2) is 0 Å². The zero-order valence-electron chi connectivity index (χ0n) is 13.9. The summed E-state index contributed by atoms with van der Waals surface area (Å²) < 4.78 is 7.35. The summed E-state index contributed by atoms with van der Waals surface area (Å²) in [4.78, 5) is 19.3. The summed E-state index contributed by atoms with van der Waals surface area (Å²) in [5, 5.41) is 4.22. The smallest absolute Gasteiger partial charge is 0.240 e. The van der Waals surface area contributed by atoms with Crippen molar-refractivity contribution in [2.75, 3.05) is 31.2 Å². The monoisotopic (exact) mass is 328 g/mol. The standard InChI is InChI=1S/C18H24N4O2/c23-17(19-15-3-1-2-4-15)13-22-8-7-14-5-6-16(20-18(14)22)21-9-11-24-12-10-21/h5-8,15H,1-4,9-13H2,(H,19,23). The van der Waals surface area contributed by atoms with Crippen molar-refractivity contribution < 1.29 is 9.53 Å². The molecule has 2 aromatic rings. The van der Waals surface area contributed by atoms with E-state index in [4.69, 9.17) is 9.72 Å². The van der Waals surface area contributed by atoms with Crippen LogP contribution in [0.3, 0.4) is 0 Å². The fourth-order valence-corrected chi connectivity index (χ4v) is 3.64. The summed E-state index contributed by atoms with van der Waals surface area (Å²) in [5.74, 6) is 1.04. The first kappa shape index (κ1) is 15.4. The lowest BCUT2D eigenvalue weighted by molar-refractivity contribution is -0.122. The van der Waals surface area contributed by atoms with Gasteiger partial charge in [-0.25, -0.2) is 4.98 Å². The number of anilines is 1. The van der Waals surface area contributed by atoms with Gasteiger partial charge in [-0.3, -0.25) is 4.79 Å². The molecule has 2 aliphatic rings. The average Bonchev–Trinajstić information content (AvgIpc) is 3.25. The van der Waals surface area contributed by atoms with Gasteiger partial charge >= 0.3 is 0 Å². The van der Waals surface area contributed by atoms with Crippen molar-refractivity contribution in [2.45, 2.75) is 38.3 Å². The minimum Gasteiger partial charge on any atom is -0.378 e. The minimum absolute atomic E-state index is 0.0815. The molecule has 6 nitrogen and oxygen atoms in total. The highest BCUT2D eigenvalue weighted by Gasteiger charge is 2.18. The van der Waals surface area contributed by atoms with E-state index in [0.29, 0.717) is 12.6 Å². The van der Waals surface area contributed by atoms with Gasteiger partial charge in [-0.05, 0) is 31.0 Å². The summed E-state index contributed by atoms with van der Waals surface area (Å²) in [6.07, 6.45) is 6.62. The van der Waals surface area contributed by atoms with E-state index < -0.39 is 0 Å². The summed E-state index contributed by atoms with van der Waals surface area (Å²) in [6.45, 7) is 3.54. The Labute approximate surface area is 141 Å². The van der Waals surface area contributed by atoms with Gasteiger partial charge in [0.05, 0.1) is 13.2 Å². The Kier molecular flexibility index (Phi) is 4.38. The number of pyridine rings is 1. The number of hydrogen-bond acceptors (Lipinski definition) is 4. The van der Waals surface area contributed by atoms with Crippen molar-refractivity contribution in [3.8, 4) is 0 Å². The van der Waals surface area contributed by atoms with Gasteiger partial charge in [-0.1, -0.05) is 12.8 Å². The molecule has 0 unspecified atom stereocenters. The van der Waals surface area contributed by atoms with Gasteiger partial charge in [-0.2, -0.15) is 0 Å². The fourth-order valence-electron chi connectivity index (χ4n) is 3.64. The third-order valence-electron chi connectivity index (χ3n) is 4.97. The van der Waals surface area contributed by atoms with Crippen LogP contribution in [-0.4, -0.2) is 47.8 Å². The summed E-state index contributed by atoms with van der Waals surface area (Å²) in [6, 6.07) is 6.51. The predicted octanol–water partition coefficient (Wildman–Crippen LogP) is 1.93. The molecular formula is C18H24N4O2. The fraction of sp³-hybridized carbons (Fsp3) is 0.556. The van der Waals surface area contributed by atoms with Gasteiger partial charge in [-0.15, -0.1) is 0 Å². The van der Waals surface area contributed by atoms with Gasteiger partial charge in [0.1, 0.15) is 18.0 Å². The second kappa shape index (κ2) is 6.81. The molecule has 0 spiro atoms. The summed E-state index contributed by atoms with van der Waals surface area (Å²) in [5.41, 5.74) is 0.876. The molecule has 0 aromatic carbocycles. The van der Waals surface area contributed by atoms with E-state index in [9.17, 15) is 4.79 Å². The van der Waals surface area contributed by atoms with E-state index in [1.165, 1.54) is 12.8 Å². The first-order chi connectivity index (χ1) is 11.8. The van der Waals surface area contributed by atoms with Gasteiger partial charge in [0.2, 0.25) is 5.91 Å². The summed E-state index contributed by atoms with van der Waals surface area (Å²) in [7, 11) is 0. The molecule has 6 heteroatoms. The number of aromatic nitrogens is 2. The van der Waals surface area contributed by atoms with Crippen molar-refractivity contribution in [3.05, 3.63) is 24.4 Å². The number of hydrogen-bond donors (Lipinski definition) is 1. The van der Waals surface area contributed by atoms with E-state index in [1.54, 1.807) is 0 Å². The Morgan fingerprint density at radius 2 is 2.00 bits per heavy atom. The van der Waals surface area contributed by atoms with Crippen LogP contribution in [0.15, 0.2) is 24.4 Å². The van der Waals surface area contributed by atoms with Crippen LogP contribution in [0.2, 0.25) is 0 Å². The Morgan fingerprint density at radius 1 is 1.21 bits per heavy atom. The molecule has 0 bridgehead atoms. The van der Waals surface area contributed by atoms with E-state index in [1.807, 2.05) is 16.8 Å². The van der Waals surface area contributed by atoms with Crippen LogP contribution in [0, 0.1) is 0 Å². The number of fused-ring (bicyclic) bond motifs is 1. The highest BCUT2D eigenvalue weighted by atomic mass is 16.5. The van der Waals surface area contributed by atoms with Crippen LogP contribution in [0.4, 0.5) is 5.82 Å². The van der Waals surface area contributed by atoms with Crippen molar-refractivity contribution in [1.29, 1.82) is 0 Å². The molecule has 3 heterocycles. The van der Waals surface area contributed by atoms with Crippen LogP contribution in [0.25, 0.3) is 11.0 Å². The number of morpholine rings is 1. The lowest BCUT2D eigenvalue weighted by atomic mass is 10.2. The Bertz CT molecular complexity index is 715. The molecule has 1 saturated heterocycles. The predicted molar refractivity (Wildman–Crippen MR) is 93.2 cm³/mol. The molecular weight excluding hydrogens is 304 g/mol. The molecule has 1 saturated carbocycles.